The second-order valence-corrected chi connectivity index (χ2v) is 7.00. The van der Waals surface area contributed by atoms with Gasteiger partial charge in [-0.1, -0.05) is 12.1 Å². The van der Waals surface area contributed by atoms with E-state index in [-0.39, 0.29) is 5.82 Å². The molecule has 0 aliphatic carbocycles. The minimum absolute atomic E-state index is 0.227. The van der Waals surface area contributed by atoms with Crippen LogP contribution in [0.25, 0.3) is 21.7 Å². The van der Waals surface area contributed by atoms with Crippen LogP contribution in [0.1, 0.15) is 23.8 Å². The molecule has 4 rings (SSSR count). The molecule has 0 amide bonds. The van der Waals surface area contributed by atoms with Crippen molar-refractivity contribution in [3.05, 3.63) is 59.6 Å². The summed E-state index contributed by atoms with van der Waals surface area (Å²) >= 11 is 1.69. The highest BCUT2D eigenvalue weighted by molar-refractivity contribution is 7.15. The predicted molar refractivity (Wildman–Crippen MR) is 95.6 cm³/mol. The van der Waals surface area contributed by atoms with Gasteiger partial charge in [0.1, 0.15) is 5.82 Å². The maximum Gasteiger partial charge on any atom is 0.132 e. The summed E-state index contributed by atoms with van der Waals surface area (Å²) in [5.74, 6) is 0.229. The van der Waals surface area contributed by atoms with E-state index in [2.05, 4.69) is 10.3 Å². The Morgan fingerprint density at radius 3 is 2.54 bits per heavy atom. The van der Waals surface area contributed by atoms with Crippen LogP contribution in [0.3, 0.4) is 0 Å². The SMILES string of the molecule is Fc1ccccc1-c1nc(C2CCNCC2)sc1-c1ccncc1. The van der Waals surface area contributed by atoms with Gasteiger partial charge in [-0.3, -0.25) is 4.98 Å². The Morgan fingerprint density at radius 2 is 1.79 bits per heavy atom. The molecule has 1 aliphatic heterocycles. The number of hydrogen-bond acceptors (Lipinski definition) is 4. The third kappa shape index (κ3) is 2.97. The van der Waals surface area contributed by atoms with E-state index in [4.69, 9.17) is 4.98 Å². The number of hydrogen-bond donors (Lipinski definition) is 1. The van der Waals surface area contributed by atoms with Crippen LogP contribution in [0.15, 0.2) is 48.8 Å². The van der Waals surface area contributed by atoms with E-state index < -0.39 is 0 Å². The van der Waals surface area contributed by atoms with Crippen molar-refractivity contribution in [3.63, 3.8) is 0 Å². The van der Waals surface area contributed by atoms with Crippen LogP contribution in [0.2, 0.25) is 0 Å². The van der Waals surface area contributed by atoms with E-state index >= 15 is 0 Å². The molecule has 1 N–H and O–H groups in total. The summed E-state index contributed by atoms with van der Waals surface area (Å²) in [5, 5.41) is 4.50. The normalized spacial score (nSPS) is 15.5. The molecule has 0 spiro atoms. The van der Waals surface area contributed by atoms with Gasteiger partial charge in [-0.25, -0.2) is 9.37 Å². The molecule has 1 saturated heterocycles. The molecule has 2 aromatic heterocycles. The van der Waals surface area contributed by atoms with Crippen molar-refractivity contribution in [2.75, 3.05) is 13.1 Å². The zero-order valence-electron chi connectivity index (χ0n) is 13.2. The van der Waals surface area contributed by atoms with Gasteiger partial charge in [-0.2, -0.15) is 0 Å². The summed E-state index contributed by atoms with van der Waals surface area (Å²) in [4.78, 5) is 9.99. The van der Waals surface area contributed by atoms with Gasteiger partial charge in [-0.05, 0) is 55.8 Å². The molecule has 3 nitrogen and oxygen atoms in total. The van der Waals surface area contributed by atoms with Gasteiger partial charge < -0.3 is 5.32 Å². The standard InChI is InChI=1S/C19H18FN3S/c20-16-4-2-1-3-15(16)17-18(13-5-9-21-10-6-13)24-19(23-17)14-7-11-22-12-8-14/h1-6,9-10,14,22H,7-8,11-12H2. The number of pyridine rings is 1. The summed E-state index contributed by atoms with van der Waals surface area (Å²) in [6.45, 7) is 2.04. The van der Waals surface area contributed by atoms with Gasteiger partial charge in [0.15, 0.2) is 0 Å². The number of piperidine rings is 1. The predicted octanol–water partition coefficient (Wildman–Crippen LogP) is 4.48. The van der Waals surface area contributed by atoms with Crippen LogP contribution in [0, 0.1) is 5.82 Å². The van der Waals surface area contributed by atoms with Crippen molar-refractivity contribution in [2.45, 2.75) is 18.8 Å². The Labute approximate surface area is 144 Å². The van der Waals surface area contributed by atoms with E-state index in [1.54, 1.807) is 35.9 Å². The summed E-state index contributed by atoms with van der Waals surface area (Å²) in [6, 6.07) is 10.8. The van der Waals surface area contributed by atoms with Crippen LogP contribution in [0.5, 0.6) is 0 Å². The number of nitrogens with one attached hydrogen (secondary N) is 1. The van der Waals surface area contributed by atoms with Crippen molar-refractivity contribution in [1.29, 1.82) is 0 Å². The molecular weight excluding hydrogens is 321 g/mol. The molecule has 0 radical (unpaired) electrons. The number of nitrogens with zero attached hydrogens (tertiary/aromatic N) is 2. The van der Waals surface area contributed by atoms with E-state index in [1.807, 2.05) is 18.2 Å². The molecule has 0 atom stereocenters. The Bertz CT molecular complexity index is 826. The number of rotatable bonds is 3. The number of aromatic nitrogens is 2. The van der Waals surface area contributed by atoms with E-state index in [0.717, 1.165) is 47.1 Å². The quantitative estimate of drug-likeness (QED) is 0.764. The Hall–Kier alpha value is -2.11. The van der Waals surface area contributed by atoms with Crippen LogP contribution in [-0.2, 0) is 0 Å². The van der Waals surface area contributed by atoms with E-state index in [1.165, 1.54) is 6.07 Å². The third-order valence-electron chi connectivity index (χ3n) is 4.40. The fraction of sp³-hybridized carbons (Fsp3) is 0.263. The second kappa shape index (κ2) is 6.79. The lowest BCUT2D eigenvalue weighted by atomic mass is 9.99. The monoisotopic (exact) mass is 339 g/mol. The second-order valence-electron chi connectivity index (χ2n) is 5.97. The van der Waals surface area contributed by atoms with Crippen LogP contribution in [0.4, 0.5) is 4.39 Å². The molecule has 3 aromatic rings. The zero-order chi connectivity index (χ0) is 16.4. The van der Waals surface area contributed by atoms with Gasteiger partial charge in [0, 0.05) is 23.9 Å². The largest absolute Gasteiger partial charge is 0.317 e. The Kier molecular flexibility index (Phi) is 4.36. The van der Waals surface area contributed by atoms with Gasteiger partial charge >= 0.3 is 0 Å². The molecular formula is C19H18FN3S. The third-order valence-corrected chi connectivity index (χ3v) is 5.67. The molecule has 5 heteroatoms. The van der Waals surface area contributed by atoms with Gasteiger partial charge in [0.25, 0.3) is 0 Å². The summed E-state index contributed by atoms with van der Waals surface area (Å²) in [5.41, 5.74) is 2.36. The topological polar surface area (TPSA) is 37.8 Å². The van der Waals surface area contributed by atoms with Crippen LogP contribution < -0.4 is 5.32 Å². The maximum absolute atomic E-state index is 14.4. The number of halogens is 1. The first-order chi connectivity index (χ1) is 11.8. The van der Waals surface area contributed by atoms with Crippen LogP contribution >= 0.6 is 11.3 Å². The fourth-order valence-corrected chi connectivity index (χ4v) is 4.37. The molecule has 1 aliphatic rings. The smallest absolute Gasteiger partial charge is 0.132 e. The molecule has 1 fully saturated rings. The highest BCUT2D eigenvalue weighted by Crippen LogP contribution is 2.41. The van der Waals surface area contributed by atoms with E-state index in [9.17, 15) is 4.39 Å². The molecule has 0 saturated carbocycles. The lowest BCUT2D eigenvalue weighted by molar-refractivity contribution is 0.459. The minimum Gasteiger partial charge on any atom is -0.317 e. The molecule has 0 unspecified atom stereocenters. The summed E-state index contributed by atoms with van der Waals surface area (Å²) in [6.07, 6.45) is 5.70. The first-order valence-electron chi connectivity index (χ1n) is 8.19. The molecule has 0 bridgehead atoms. The number of thiazole rings is 1. The Morgan fingerprint density at radius 1 is 1.04 bits per heavy atom. The molecule has 1 aromatic carbocycles. The zero-order valence-corrected chi connectivity index (χ0v) is 14.0. The van der Waals surface area contributed by atoms with Gasteiger partial charge in [-0.15, -0.1) is 11.3 Å². The highest BCUT2D eigenvalue weighted by atomic mass is 32.1. The summed E-state index contributed by atoms with van der Waals surface area (Å²) in [7, 11) is 0. The average molecular weight is 339 g/mol. The Balaban J connectivity index is 1.84. The highest BCUT2D eigenvalue weighted by Gasteiger charge is 2.23. The van der Waals surface area contributed by atoms with E-state index in [0.29, 0.717) is 11.5 Å². The molecule has 24 heavy (non-hydrogen) atoms. The minimum atomic E-state index is -0.227. The van der Waals surface area contributed by atoms with Crippen molar-refractivity contribution in [1.82, 2.24) is 15.3 Å². The van der Waals surface area contributed by atoms with Crippen molar-refractivity contribution in [3.8, 4) is 21.7 Å². The number of benzene rings is 1. The first-order valence-corrected chi connectivity index (χ1v) is 9.01. The lowest BCUT2D eigenvalue weighted by Crippen LogP contribution is -2.26. The summed E-state index contributed by atoms with van der Waals surface area (Å²) < 4.78 is 14.4. The van der Waals surface area contributed by atoms with Gasteiger partial charge in [0.2, 0.25) is 0 Å². The average Bonchev–Trinajstić information content (AvgIpc) is 3.09. The van der Waals surface area contributed by atoms with Crippen LogP contribution in [-0.4, -0.2) is 23.1 Å². The maximum atomic E-state index is 14.4. The van der Waals surface area contributed by atoms with Crippen molar-refractivity contribution >= 4 is 11.3 Å². The van der Waals surface area contributed by atoms with Crippen molar-refractivity contribution in [2.24, 2.45) is 0 Å². The lowest BCUT2D eigenvalue weighted by Gasteiger charge is -2.20. The van der Waals surface area contributed by atoms with Crippen molar-refractivity contribution < 1.29 is 4.39 Å². The molecule has 3 heterocycles. The van der Waals surface area contributed by atoms with Gasteiger partial charge in [0.05, 0.1) is 15.6 Å². The fourth-order valence-electron chi connectivity index (χ4n) is 3.11. The molecule has 122 valence electrons. The first kappa shape index (κ1) is 15.4.